The summed E-state index contributed by atoms with van der Waals surface area (Å²) < 4.78 is 10.1. The molecule has 0 aliphatic rings. The van der Waals surface area contributed by atoms with E-state index >= 15 is 0 Å². The summed E-state index contributed by atoms with van der Waals surface area (Å²) >= 11 is 3.08. The van der Waals surface area contributed by atoms with Crippen molar-refractivity contribution in [1.82, 2.24) is 0 Å². The SMILES string of the molecule is CSCCC(O)C(=O)OC(CCSC)C(=O)OC(C)C. The predicted octanol–water partition coefficient (Wildman–Crippen LogP) is 1.72. The average molecular weight is 324 g/mol. The molecule has 118 valence electrons. The molecule has 0 aromatic heterocycles. The number of hydrogen-bond acceptors (Lipinski definition) is 7. The van der Waals surface area contributed by atoms with Crippen molar-refractivity contribution in [3.63, 3.8) is 0 Å². The molecule has 0 spiro atoms. The molecule has 0 saturated heterocycles. The van der Waals surface area contributed by atoms with Gasteiger partial charge in [0.25, 0.3) is 0 Å². The third kappa shape index (κ3) is 8.71. The monoisotopic (exact) mass is 324 g/mol. The first-order valence-corrected chi connectivity index (χ1v) is 9.28. The topological polar surface area (TPSA) is 72.8 Å². The Bertz CT molecular complexity index is 296. The van der Waals surface area contributed by atoms with Gasteiger partial charge in [-0.05, 0) is 44.3 Å². The van der Waals surface area contributed by atoms with Crippen LogP contribution in [-0.2, 0) is 19.1 Å². The molecule has 20 heavy (non-hydrogen) atoms. The second kappa shape index (κ2) is 11.3. The van der Waals surface area contributed by atoms with Gasteiger partial charge in [0.15, 0.2) is 12.2 Å². The van der Waals surface area contributed by atoms with Gasteiger partial charge in [0.1, 0.15) is 0 Å². The summed E-state index contributed by atoms with van der Waals surface area (Å²) in [4.78, 5) is 23.6. The van der Waals surface area contributed by atoms with Gasteiger partial charge in [-0.15, -0.1) is 0 Å². The Labute approximate surface area is 129 Å². The van der Waals surface area contributed by atoms with Crippen LogP contribution >= 0.6 is 23.5 Å². The minimum Gasteiger partial charge on any atom is -0.460 e. The normalized spacial score (nSPS) is 13.9. The van der Waals surface area contributed by atoms with Crippen LogP contribution in [0.3, 0.4) is 0 Å². The molecule has 0 saturated carbocycles. The van der Waals surface area contributed by atoms with Gasteiger partial charge in [0.2, 0.25) is 0 Å². The molecule has 2 unspecified atom stereocenters. The van der Waals surface area contributed by atoms with Crippen molar-refractivity contribution in [2.24, 2.45) is 0 Å². The summed E-state index contributed by atoms with van der Waals surface area (Å²) in [6.45, 7) is 3.47. The standard InChI is InChI=1S/C13H24O5S2/c1-9(2)17-13(16)11(6-8-20-4)18-12(15)10(14)5-7-19-3/h9-11,14H,5-8H2,1-4H3. The molecule has 0 fully saturated rings. The van der Waals surface area contributed by atoms with Crippen LogP contribution in [0.4, 0.5) is 0 Å². The van der Waals surface area contributed by atoms with Crippen LogP contribution in [0.25, 0.3) is 0 Å². The second-order valence-electron chi connectivity index (χ2n) is 4.49. The highest BCUT2D eigenvalue weighted by Crippen LogP contribution is 2.11. The van der Waals surface area contributed by atoms with Gasteiger partial charge in [-0.1, -0.05) is 0 Å². The van der Waals surface area contributed by atoms with Gasteiger partial charge in [0.05, 0.1) is 6.10 Å². The Kier molecular flexibility index (Phi) is 11.1. The summed E-state index contributed by atoms with van der Waals surface area (Å²) in [5.74, 6) is 0.0131. The van der Waals surface area contributed by atoms with E-state index in [0.717, 1.165) is 0 Å². The zero-order chi connectivity index (χ0) is 15.5. The van der Waals surface area contributed by atoms with Gasteiger partial charge in [-0.3, -0.25) is 0 Å². The summed E-state index contributed by atoms with van der Waals surface area (Å²) in [6, 6.07) is 0. The number of hydrogen-bond donors (Lipinski definition) is 1. The van der Waals surface area contributed by atoms with Gasteiger partial charge >= 0.3 is 11.9 Å². The maximum atomic E-state index is 11.8. The highest BCUT2D eigenvalue weighted by Gasteiger charge is 2.27. The number of ether oxygens (including phenoxy) is 2. The number of thioether (sulfide) groups is 2. The summed E-state index contributed by atoms with van der Waals surface area (Å²) in [7, 11) is 0. The van der Waals surface area contributed by atoms with E-state index in [1.165, 1.54) is 11.8 Å². The molecule has 0 amide bonds. The number of carbonyl (C=O) groups excluding carboxylic acids is 2. The maximum Gasteiger partial charge on any atom is 0.347 e. The van der Waals surface area contributed by atoms with E-state index in [-0.39, 0.29) is 6.10 Å². The lowest BCUT2D eigenvalue weighted by atomic mass is 10.2. The smallest absolute Gasteiger partial charge is 0.347 e. The van der Waals surface area contributed by atoms with Crippen molar-refractivity contribution < 1.29 is 24.2 Å². The van der Waals surface area contributed by atoms with Crippen LogP contribution in [0.5, 0.6) is 0 Å². The molecule has 2 atom stereocenters. The van der Waals surface area contributed by atoms with E-state index in [0.29, 0.717) is 24.3 Å². The lowest BCUT2D eigenvalue weighted by molar-refractivity contribution is -0.175. The summed E-state index contributed by atoms with van der Waals surface area (Å²) in [5.41, 5.74) is 0. The molecule has 0 heterocycles. The summed E-state index contributed by atoms with van der Waals surface area (Å²) in [6.07, 6.45) is 2.09. The molecule has 0 aliphatic carbocycles. The van der Waals surface area contributed by atoms with Crippen molar-refractivity contribution in [1.29, 1.82) is 0 Å². The highest BCUT2D eigenvalue weighted by molar-refractivity contribution is 7.98. The lowest BCUT2D eigenvalue weighted by Gasteiger charge is -2.19. The number of esters is 2. The van der Waals surface area contributed by atoms with Crippen LogP contribution < -0.4 is 0 Å². The van der Waals surface area contributed by atoms with Gasteiger partial charge in [-0.25, -0.2) is 9.59 Å². The van der Waals surface area contributed by atoms with E-state index in [1.807, 2.05) is 12.5 Å². The van der Waals surface area contributed by atoms with E-state index in [1.54, 1.807) is 25.6 Å². The molecule has 0 rings (SSSR count). The van der Waals surface area contributed by atoms with Gasteiger partial charge in [-0.2, -0.15) is 23.5 Å². The fourth-order valence-corrected chi connectivity index (χ4v) is 2.23. The minimum absolute atomic E-state index is 0.264. The van der Waals surface area contributed by atoms with Crippen molar-refractivity contribution >= 4 is 35.5 Å². The van der Waals surface area contributed by atoms with E-state index in [2.05, 4.69) is 0 Å². The van der Waals surface area contributed by atoms with Crippen LogP contribution in [0.1, 0.15) is 26.7 Å². The first kappa shape index (κ1) is 19.6. The van der Waals surface area contributed by atoms with E-state index < -0.39 is 24.1 Å². The summed E-state index contributed by atoms with van der Waals surface area (Å²) in [5, 5.41) is 9.64. The fourth-order valence-electron chi connectivity index (χ4n) is 1.32. The number of carbonyl (C=O) groups is 2. The molecule has 0 bridgehead atoms. The lowest BCUT2D eigenvalue weighted by Crippen LogP contribution is -2.35. The fraction of sp³-hybridized carbons (Fsp3) is 0.846. The van der Waals surface area contributed by atoms with Crippen LogP contribution in [0.15, 0.2) is 0 Å². The van der Waals surface area contributed by atoms with Crippen molar-refractivity contribution in [3.8, 4) is 0 Å². The second-order valence-corrected chi connectivity index (χ2v) is 6.46. The highest BCUT2D eigenvalue weighted by atomic mass is 32.2. The zero-order valence-corrected chi connectivity index (χ0v) is 14.1. The average Bonchev–Trinajstić information content (AvgIpc) is 2.39. The number of rotatable bonds is 10. The largest absolute Gasteiger partial charge is 0.460 e. The Morgan fingerprint density at radius 2 is 1.55 bits per heavy atom. The van der Waals surface area contributed by atoms with Crippen LogP contribution in [0.2, 0.25) is 0 Å². The van der Waals surface area contributed by atoms with E-state index in [9.17, 15) is 14.7 Å². The van der Waals surface area contributed by atoms with Crippen molar-refractivity contribution in [2.45, 2.75) is 45.0 Å². The predicted molar refractivity (Wildman–Crippen MR) is 83.1 cm³/mol. The molecular formula is C13H24O5S2. The molecule has 0 radical (unpaired) electrons. The Morgan fingerprint density at radius 1 is 1.00 bits per heavy atom. The van der Waals surface area contributed by atoms with Gasteiger partial charge < -0.3 is 14.6 Å². The molecule has 0 aromatic carbocycles. The molecule has 1 N–H and O–H groups in total. The van der Waals surface area contributed by atoms with Crippen LogP contribution in [-0.4, -0.2) is 59.4 Å². The third-order valence-corrected chi connectivity index (χ3v) is 3.61. The molecule has 0 aromatic rings. The quantitative estimate of drug-likeness (QED) is 0.613. The maximum absolute atomic E-state index is 11.8. The zero-order valence-electron chi connectivity index (χ0n) is 12.5. The first-order chi connectivity index (χ1) is 9.42. The Morgan fingerprint density at radius 3 is 2.05 bits per heavy atom. The minimum atomic E-state index is -1.19. The first-order valence-electron chi connectivity index (χ1n) is 6.49. The van der Waals surface area contributed by atoms with E-state index in [4.69, 9.17) is 9.47 Å². The Hall–Kier alpha value is -0.400. The number of aliphatic hydroxyl groups excluding tert-OH is 1. The number of aliphatic hydroxyl groups is 1. The van der Waals surface area contributed by atoms with Gasteiger partial charge in [0, 0.05) is 6.42 Å². The van der Waals surface area contributed by atoms with Crippen molar-refractivity contribution in [3.05, 3.63) is 0 Å². The molecule has 7 heteroatoms. The third-order valence-electron chi connectivity index (χ3n) is 2.32. The Balaban J connectivity index is 4.46. The molecule has 5 nitrogen and oxygen atoms in total. The van der Waals surface area contributed by atoms with Crippen LogP contribution in [0, 0.1) is 0 Å². The molecule has 0 aliphatic heterocycles. The van der Waals surface area contributed by atoms with Crippen molar-refractivity contribution in [2.75, 3.05) is 24.0 Å². The molecular weight excluding hydrogens is 300 g/mol.